The molecule has 88 valence electrons. The minimum Gasteiger partial charge on any atom is -0.465 e. The minimum atomic E-state index is 0.0556. The highest BCUT2D eigenvalue weighted by atomic mass is 16.3. The van der Waals surface area contributed by atoms with Crippen molar-refractivity contribution in [1.82, 2.24) is 4.90 Å². The molecular weight excluding hydrogens is 202 g/mol. The monoisotopic (exact) mass is 221 g/mol. The number of rotatable bonds is 6. The fourth-order valence-corrected chi connectivity index (χ4v) is 1.52. The van der Waals surface area contributed by atoms with Gasteiger partial charge in [-0.2, -0.15) is 0 Å². The zero-order chi connectivity index (χ0) is 11.8. The maximum absolute atomic E-state index is 11.8. The van der Waals surface area contributed by atoms with Gasteiger partial charge in [0.15, 0.2) is 0 Å². The van der Waals surface area contributed by atoms with Gasteiger partial charge in [0.25, 0.3) is 0 Å². The molecule has 3 nitrogen and oxygen atoms in total. The highest BCUT2D eigenvalue weighted by Crippen LogP contribution is 2.04. The lowest BCUT2D eigenvalue weighted by molar-refractivity contribution is -0.126. The van der Waals surface area contributed by atoms with Crippen molar-refractivity contribution in [2.45, 2.75) is 26.7 Å². The molecule has 0 unspecified atom stereocenters. The fraction of sp³-hybridized carbons (Fsp3) is 0.462. The molecule has 0 N–H and O–H groups in total. The van der Waals surface area contributed by atoms with Gasteiger partial charge in [-0.1, -0.05) is 13.8 Å². The molecule has 0 bridgehead atoms. The molecule has 0 fully saturated rings. The molecule has 0 spiro atoms. The van der Waals surface area contributed by atoms with Gasteiger partial charge >= 0.3 is 0 Å². The molecule has 0 aliphatic rings. The van der Waals surface area contributed by atoms with Crippen LogP contribution < -0.4 is 0 Å². The summed E-state index contributed by atoms with van der Waals surface area (Å²) in [6.45, 7) is 5.78. The quantitative estimate of drug-likeness (QED) is 0.692. The fourth-order valence-electron chi connectivity index (χ4n) is 1.52. The number of amides is 1. The van der Waals surface area contributed by atoms with E-state index in [2.05, 4.69) is 13.8 Å². The Bertz CT molecular complexity index is 322. The SMILES string of the molecule is CCCN(CCC)C(=O)/C=C/c1ccco1. The Labute approximate surface area is 96.7 Å². The van der Waals surface area contributed by atoms with Crippen LogP contribution in [0.2, 0.25) is 0 Å². The second-order valence-corrected chi connectivity index (χ2v) is 3.67. The summed E-state index contributed by atoms with van der Waals surface area (Å²) in [7, 11) is 0. The molecule has 0 atom stereocenters. The molecule has 1 aromatic rings. The van der Waals surface area contributed by atoms with E-state index >= 15 is 0 Å². The number of hydrogen-bond acceptors (Lipinski definition) is 2. The van der Waals surface area contributed by atoms with Crippen LogP contribution in [0.25, 0.3) is 6.08 Å². The molecule has 1 rings (SSSR count). The molecule has 1 heterocycles. The standard InChI is InChI=1S/C13H19NO2/c1-3-9-14(10-4-2)13(15)8-7-12-6-5-11-16-12/h5-8,11H,3-4,9-10H2,1-2H3/b8-7+. The number of carbonyl (C=O) groups is 1. The zero-order valence-corrected chi connectivity index (χ0v) is 9.98. The van der Waals surface area contributed by atoms with Gasteiger partial charge in [-0.05, 0) is 31.1 Å². The average molecular weight is 221 g/mol. The van der Waals surface area contributed by atoms with E-state index in [4.69, 9.17) is 4.42 Å². The van der Waals surface area contributed by atoms with Crippen molar-refractivity contribution in [3.8, 4) is 0 Å². The van der Waals surface area contributed by atoms with E-state index in [0.717, 1.165) is 25.9 Å². The largest absolute Gasteiger partial charge is 0.465 e. The van der Waals surface area contributed by atoms with Crippen LogP contribution in [-0.4, -0.2) is 23.9 Å². The van der Waals surface area contributed by atoms with Gasteiger partial charge in [0.05, 0.1) is 6.26 Å². The highest BCUT2D eigenvalue weighted by molar-refractivity contribution is 5.91. The minimum absolute atomic E-state index is 0.0556. The third kappa shape index (κ3) is 3.93. The summed E-state index contributed by atoms with van der Waals surface area (Å²) in [4.78, 5) is 13.7. The highest BCUT2D eigenvalue weighted by Gasteiger charge is 2.07. The third-order valence-corrected chi connectivity index (χ3v) is 2.23. The smallest absolute Gasteiger partial charge is 0.246 e. The molecule has 16 heavy (non-hydrogen) atoms. The maximum Gasteiger partial charge on any atom is 0.246 e. The van der Waals surface area contributed by atoms with Crippen LogP contribution in [0.4, 0.5) is 0 Å². The summed E-state index contributed by atoms with van der Waals surface area (Å²) in [6, 6.07) is 3.63. The molecular formula is C13H19NO2. The summed E-state index contributed by atoms with van der Waals surface area (Å²) in [5, 5.41) is 0. The number of hydrogen-bond donors (Lipinski definition) is 0. The van der Waals surface area contributed by atoms with E-state index in [1.807, 2.05) is 11.0 Å². The summed E-state index contributed by atoms with van der Waals surface area (Å²) >= 11 is 0. The topological polar surface area (TPSA) is 33.5 Å². The van der Waals surface area contributed by atoms with Crippen LogP contribution in [0.1, 0.15) is 32.4 Å². The normalized spacial score (nSPS) is 10.9. The van der Waals surface area contributed by atoms with Crippen LogP contribution in [0, 0.1) is 0 Å². The number of carbonyl (C=O) groups excluding carboxylic acids is 1. The summed E-state index contributed by atoms with van der Waals surface area (Å²) in [5.74, 6) is 0.765. The van der Waals surface area contributed by atoms with Crippen molar-refractivity contribution in [3.63, 3.8) is 0 Å². The van der Waals surface area contributed by atoms with E-state index < -0.39 is 0 Å². The first-order chi connectivity index (χ1) is 7.77. The molecule has 0 aliphatic carbocycles. The molecule has 1 amide bonds. The zero-order valence-electron chi connectivity index (χ0n) is 9.98. The Morgan fingerprint density at radius 1 is 1.38 bits per heavy atom. The van der Waals surface area contributed by atoms with Gasteiger partial charge in [0, 0.05) is 19.2 Å². The first-order valence-corrected chi connectivity index (χ1v) is 5.78. The van der Waals surface area contributed by atoms with Gasteiger partial charge in [-0.25, -0.2) is 0 Å². The molecule has 0 saturated carbocycles. The van der Waals surface area contributed by atoms with Crippen LogP contribution in [0.3, 0.4) is 0 Å². The lowest BCUT2D eigenvalue weighted by atomic mass is 10.3. The Morgan fingerprint density at radius 3 is 2.56 bits per heavy atom. The summed E-state index contributed by atoms with van der Waals surface area (Å²) in [5.41, 5.74) is 0. The van der Waals surface area contributed by atoms with E-state index in [1.165, 1.54) is 0 Å². The second kappa shape index (κ2) is 6.88. The predicted octanol–water partition coefficient (Wildman–Crippen LogP) is 2.94. The van der Waals surface area contributed by atoms with Gasteiger partial charge in [0.2, 0.25) is 5.91 Å². The lowest BCUT2D eigenvalue weighted by Gasteiger charge is -2.19. The first-order valence-electron chi connectivity index (χ1n) is 5.78. The molecule has 3 heteroatoms. The summed E-state index contributed by atoms with van der Waals surface area (Å²) < 4.78 is 5.13. The molecule has 0 aromatic carbocycles. The van der Waals surface area contributed by atoms with Gasteiger partial charge in [-0.3, -0.25) is 4.79 Å². The van der Waals surface area contributed by atoms with Crippen LogP contribution in [0.5, 0.6) is 0 Å². The summed E-state index contributed by atoms with van der Waals surface area (Å²) in [6.07, 6.45) is 6.85. The van der Waals surface area contributed by atoms with E-state index in [-0.39, 0.29) is 5.91 Å². The van der Waals surface area contributed by atoms with Crippen molar-refractivity contribution in [1.29, 1.82) is 0 Å². The first kappa shape index (κ1) is 12.6. The van der Waals surface area contributed by atoms with Crippen molar-refractivity contribution in [2.75, 3.05) is 13.1 Å². The number of furan rings is 1. The van der Waals surface area contributed by atoms with Crippen molar-refractivity contribution in [3.05, 3.63) is 30.2 Å². The molecule has 0 saturated heterocycles. The molecule has 0 radical (unpaired) electrons. The Kier molecular flexibility index (Phi) is 5.40. The van der Waals surface area contributed by atoms with E-state index in [0.29, 0.717) is 5.76 Å². The molecule has 1 aromatic heterocycles. The number of nitrogens with zero attached hydrogens (tertiary/aromatic N) is 1. The van der Waals surface area contributed by atoms with Crippen LogP contribution in [-0.2, 0) is 4.79 Å². The predicted molar refractivity (Wildman–Crippen MR) is 64.9 cm³/mol. The van der Waals surface area contributed by atoms with Crippen LogP contribution >= 0.6 is 0 Å². The van der Waals surface area contributed by atoms with E-state index in [9.17, 15) is 4.79 Å². The molecule has 0 aliphatic heterocycles. The lowest BCUT2D eigenvalue weighted by Crippen LogP contribution is -2.30. The van der Waals surface area contributed by atoms with Crippen molar-refractivity contribution in [2.24, 2.45) is 0 Å². The Hall–Kier alpha value is -1.51. The van der Waals surface area contributed by atoms with E-state index in [1.54, 1.807) is 24.5 Å². The third-order valence-electron chi connectivity index (χ3n) is 2.23. The Balaban J connectivity index is 2.54. The maximum atomic E-state index is 11.8. The average Bonchev–Trinajstić information content (AvgIpc) is 2.78. The van der Waals surface area contributed by atoms with Gasteiger partial charge in [0.1, 0.15) is 5.76 Å². The Morgan fingerprint density at radius 2 is 2.06 bits per heavy atom. The van der Waals surface area contributed by atoms with Gasteiger partial charge in [-0.15, -0.1) is 0 Å². The van der Waals surface area contributed by atoms with Crippen molar-refractivity contribution >= 4 is 12.0 Å². The second-order valence-electron chi connectivity index (χ2n) is 3.67. The van der Waals surface area contributed by atoms with Gasteiger partial charge < -0.3 is 9.32 Å². The van der Waals surface area contributed by atoms with Crippen molar-refractivity contribution < 1.29 is 9.21 Å². The van der Waals surface area contributed by atoms with Crippen LogP contribution in [0.15, 0.2) is 28.9 Å².